The third-order valence-electron chi connectivity index (χ3n) is 4.46. The van der Waals surface area contributed by atoms with E-state index in [-0.39, 0.29) is 16.7 Å². The normalized spacial score (nSPS) is 29.1. The third-order valence-corrected chi connectivity index (χ3v) is 7.75. The molecule has 1 saturated carbocycles. The Labute approximate surface area is 121 Å². The Morgan fingerprint density at radius 3 is 2.63 bits per heavy atom. The average Bonchev–Trinajstić information content (AvgIpc) is 3.22. The number of hydrogen-bond acceptors (Lipinski definition) is 5. The Kier molecular flexibility index (Phi) is 4.86. The van der Waals surface area contributed by atoms with Crippen molar-refractivity contribution in [3.8, 4) is 0 Å². The van der Waals surface area contributed by atoms with Crippen LogP contribution in [0.25, 0.3) is 0 Å². The van der Waals surface area contributed by atoms with Crippen molar-refractivity contribution in [2.24, 2.45) is 11.7 Å². The smallest absolute Gasteiger partial charge is 0.166 e. The molecule has 1 aliphatic carbocycles. The van der Waals surface area contributed by atoms with Crippen molar-refractivity contribution < 1.29 is 8.42 Å². The quantitative estimate of drug-likeness (QED) is 0.802. The molecule has 2 rings (SSSR count). The predicted molar refractivity (Wildman–Crippen MR) is 82.1 cm³/mol. The lowest BCUT2D eigenvalue weighted by Gasteiger charge is -2.47. The molecule has 0 aromatic heterocycles. The second kappa shape index (κ2) is 5.92. The SMILES string of the molecule is CCS(=O)(=O)C1CSCCN1C(C)(CN)CC1CC1. The highest BCUT2D eigenvalue weighted by Gasteiger charge is 2.44. The molecule has 0 bridgehead atoms. The van der Waals surface area contributed by atoms with Gasteiger partial charge in [-0.05, 0) is 19.3 Å². The highest BCUT2D eigenvalue weighted by Crippen LogP contribution is 2.40. The van der Waals surface area contributed by atoms with Gasteiger partial charge in [0.25, 0.3) is 0 Å². The number of rotatable bonds is 6. The summed E-state index contributed by atoms with van der Waals surface area (Å²) < 4.78 is 24.7. The Balaban J connectivity index is 2.21. The van der Waals surface area contributed by atoms with Gasteiger partial charge < -0.3 is 5.73 Å². The van der Waals surface area contributed by atoms with Crippen LogP contribution < -0.4 is 5.73 Å². The summed E-state index contributed by atoms with van der Waals surface area (Å²) in [5.74, 6) is 2.68. The molecule has 0 aromatic rings. The summed E-state index contributed by atoms with van der Waals surface area (Å²) >= 11 is 1.75. The zero-order valence-corrected chi connectivity index (χ0v) is 13.6. The van der Waals surface area contributed by atoms with Crippen LogP contribution in [-0.2, 0) is 9.84 Å². The molecule has 6 heteroatoms. The molecule has 0 aromatic carbocycles. The molecule has 112 valence electrons. The van der Waals surface area contributed by atoms with Gasteiger partial charge in [0.2, 0.25) is 0 Å². The maximum atomic E-state index is 12.3. The maximum absolute atomic E-state index is 12.3. The molecule has 1 saturated heterocycles. The van der Waals surface area contributed by atoms with Crippen molar-refractivity contribution >= 4 is 21.6 Å². The van der Waals surface area contributed by atoms with Crippen LogP contribution >= 0.6 is 11.8 Å². The molecule has 2 unspecified atom stereocenters. The van der Waals surface area contributed by atoms with E-state index in [0.717, 1.165) is 24.6 Å². The Morgan fingerprint density at radius 2 is 2.11 bits per heavy atom. The number of nitrogens with two attached hydrogens (primary N) is 1. The molecular formula is C13H26N2O2S2. The fourth-order valence-electron chi connectivity index (χ4n) is 2.95. The first-order chi connectivity index (χ1) is 8.93. The standard InChI is InChI=1S/C13H26N2O2S2/c1-3-19(16,17)12-9-18-7-6-15(12)13(2,10-14)8-11-4-5-11/h11-12H,3-10,14H2,1-2H3. The van der Waals surface area contributed by atoms with Gasteiger partial charge in [0.15, 0.2) is 9.84 Å². The van der Waals surface area contributed by atoms with Crippen LogP contribution in [0.5, 0.6) is 0 Å². The van der Waals surface area contributed by atoms with Gasteiger partial charge in [0.1, 0.15) is 5.37 Å². The molecule has 0 radical (unpaired) electrons. The van der Waals surface area contributed by atoms with Crippen molar-refractivity contribution in [3.63, 3.8) is 0 Å². The molecule has 0 spiro atoms. The number of thioether (sulfide) groups is 1. The van der Waals surface area contributed by atoms with Crippen LogP contribution in [0.3, 0.4) is 0 Å². The minimum absolute atomic E-state index is 0.158. The number of nitrogens with zero attached hydrogens (tertiary/aromatic N) is 1. The topological polar surface area (TPSA) is 63.4 Å². The van der Waals surface area contributed by atoms with Crippen molar-refractivity contribution in [3.05, 3.63) is 0 Å². The fourth-order valence-corrected chi connectivity index (χ4v) is 6.07. The molecule has 4 nitrogen and oxygen atoms in total. The van der Waals surface area contributed by atoms with Gasteiger partial charge in [-0.15, -0.1) is 0 Å². The molecule has 2 aliphatic rings. The molecule has 0 amide bonds. The highest BCUT2D eigenvalue weighted by molar-refractivity contribution is 8.01. The van der Waals surface area contributed by atoms with E-state index < -0.39 is 9.84 Å². The van der Waals surface area contributed by atoms with Crippen LogP contribution in [0.15, 0.2) is 0 Å². The van der Waals surface area contributed by atoms with Crippen molar-refractivity contribution in [1.29, 1.82) is 0 Å². The molecule has 19 heavy (non-hydrogen) atoms. The van der Waals surface area contributed by atoms with E-state index >= 15 is 0 Å². The summed E-state index contributed by atoms with van der Waals surface area (Å²) in [4.78, 5) is 2.20. The van der Waals surface area contributed by atoms with E-state index in [0.29, 0.717) is 12.3 Å². The second-order valence-electron chi connectivity index (χ2n) is 6.02. The monoisotopic (exact) mass is 306 g/mol. The van der Waals surface area contributed by atoms with E-state index in [9.17, 15) is 8.42 Å². The predicted octanol–water partition coefficient (Wildman–Crippen LogP) is 1.31. The highest BCUT2D eigenvalue weighted by atomic mass is 32.2. The molecule has 2 fully saturated rings. The molecule has 2 atom stereocenters. The lowest BCUT2D eigenvalue weighted by molar-refractivity contribution is 0.0914. The van der Waals surface area contributed by atoms with Crippen LogP contribution in [-0.4, -0.2) is 54.6 Å². The number of sulfone groups is 1. The van der Waals surface area contributed by atoms with Gasteiger partial charge in [0.05, 0.1) is 0 Å². The minimum Gasteiger partial charge on any atom is -0.329 e. The summed E-state index contributed by atoms with van der Waals surface area (Å²) in [6.45, 7) is 5.28. The van der Waals surface area contributed by atoms with E-state index in [1.54, 1.807) is 18.7 Å². The lowest BCUT2D eigenvalue weighted by Crippen LogP contribution is -2.61. The van der Waals surface area contributed by atoms with Crippen LogP contribution in [0.1, 0.15) is 33.1 Å². The van der Waals surface area contributed by atoms with Gasteiger partial charge in [-0.1, -0.05) is 19.8 Å². The van der Waals surface area contributed by atoms with E-state index in [1.165, 1.54) is 12.8 Å². The van der Waals surface area contributed by atoms with Gasteiger partial charge in [-0.3, -0.25) is 4.90 Å². The Hall–Kier alpha value is 0.220. The summed E-state index contributed by atoms with van der Waals surface area (Å²) in [6, 6.07) is 0. The van der Waals surface area contributed by atoms with E-state index in [4.69, 9.17) is 5.73 Å². The maximum Gasteiger partial charge on any atom is 0.166 e. The molecular weight excluding hydrogens is 280 g/mol. The van der Waals surface area contributed by atoms with Crippen molar-refractivity contribution in [2.45, 2.75) is 44.0 Å². The second-order valence-corrected chi connectivity index (χ2v) is 9.62. The van der Waals surface area contributed by atoms with Gasteiger partial charge >= 0.3 is 0 Å². The zero-order valence-electron chi connectivity index (χ0n) is 12.0. The first kappa shape index (κ1) is 15.6. The van der Waals surface area contributed by atoms with Crippen molar-refractivity contribution in [2.75, 3.05) is 30.3 Å². The largest absolute Gasteiger partial charge is 0.329 e. The Bertz CT molecular complexity index is 409. The summed E-state index contributed by atoms with van der Waals surface area (Å²) in [5.41, 5.74) is 5.86. The fraction of sp³-hybridized carbons (Fsp3) is 1.00. The first-order valence-electron chi connectivity index (χ1n) is 7.19. The summed E-state index contributed by atoms with van der Waals surface area (Å²) in [5, 5.41) is -0.344. The van der Waals surface area contributed by atoms with Gasteiger partial charge in [-0.25, -0.2) is 8.42 Å². The zero-order chi connectivity index (χ0) is 14.1. The summed E-state index contributed by atoms with van der Waals surface area (Å²) in [6.07, 6.45) is 3.61. The average molecular weight is 306 g/mol. The molecule has 1 aliphatic heterocycles. The lowest BCUT2D eigenvalue weighted by atomic mass is 9.92. The molecule has 2 N–H and O–H groups in total. The van der Waals surface area contributed by atoms with E-state index in [2.05, 4.69) is 11.8 Å². The summed E-state index contributed by atoms with van der Waals surface area (Å²) in [7, 11) is -3.03. The third kappa shape index (κ3) is 3.46. The minimum atomic E-state index is -3.03. The van der Waals surface area contributed by atoms with Crippen LogP contribution in [0, 0.1) is 5.92 Å². The number of hydrogen-bond donors (Lipinski definition) is 1. The molecule has 1 heterocycles. The van der Waals surface area contributed by atoms with Crippen LogP contribution in [0.4, 0.5) is 0 Å². The first-order valence-corrected chi connectivity index (χ1v) is 10.1. The van der Waals surface area contributed by atoms with Crippen LogP contribution in [0.2, 0.25) is 0 Å². The Morgan fingerprint density at radius 1 is 1.42 bits per heavy atom. The van der Waals surface area contributed by atoms with Gasteiger partial charge in [-0.2, -0.15) is 11.8 Å². The van der Waals surface area contributed by atoms with E-state index in [1.807, 2.05) is 0 Å². The van der Waals surface area contributed by atoms with Gasteiger partial charge in [0, 0.05) is 35.9 Å². The van der Waals surface area contributed by atoms with Crippen molar-refractivity contribution in [1.82, 2.24) is 4.90 Å².